The van der Waals surface area contributed by atoms with Crippen molar-refractivity contribution in [2.24, 2.45) is 0 Å². The summed E-state index contributed by atoms with van der Waals surface area (Å²) in [6.07, 6.45) is 0. The zero-order chi connectivity index (χ0) is 17.8. The van der Waals surface area contributed by atoms with E-state index in [1.54, 1.807) is 35.2 Å². The van der Waals surface area contributed by atoms with Crippen LogP contribution in [0.5, 0.6) is 0 Å². The number of hydrogen-bond acceptors (Lipinski definition) is 4. The number of aromatic nitrogens is 2. The van der Waals surface area contributed by atoms with E-state index >= 15 is 0 Å². The second kappa shape index (κ2) is 7.53. The predicted molar refractivity (Wildman–Crippen MR) is 100 cm³/mol. The highest BCUT2D eigenvalue weighted by Gasteiger charge is 2.15. The lowest BCUT2D eigenvalue weighted by molar-refractivity contribution is 0.103. The van der Waals surface area contributed by atoms with Gasteiger partial charge >= 0.3 is 0 Å². The van der Waals surface area contributed by atoms with Crippen molar-refractivity contribution >= 4 is 33.8 Å². The number of benzene rings is 2. The van der Waals surface area contributed by atoms with Gasteiger partial charge in [0.2, 0.25) is 0 Å². The molecule has 0 unspecified atom stereocenters. The van der Waals surface area contributed by atoms with Crippen LogP contribution in [-0.2, 0) is 0 Å². The van der Waals surface area contributed by atoms with Gasteiger partial charge in [0.15, 0.2) is 10.9 Å². The zero-order valence-corrected chi connectivity index (χ0v) is 15.0. The van der Waals surface area contributed by atoms with Crippen LogP contribution >= 0.6 is 11.8 Å². The Bertz CT molecular complexity index is 901. The second-order valence-electron chi connectivity index (χ2n) is 5.51. The van der Waals surface area contributed by atoms with E-state index in [2.05, 4.69) is 9.97 Å². The average Bonchev–Trinajstić information content (AvgIpc) is 3.04. The van der Waals surface area contributed by atoms with E-state index in [-0.39, 0.29) is 11.0 Å². The summed E-state index contributed by atoms with van der Waals surface area (Å²) >= 11 is 1.07. The Hall–Kier alpha value is -2.60. The van der Waals surface area contributed by atoms with Crippen molar-refractivity contribution in [3.8, 4) is 0 Å². The molecule has 6 heteroatoms. The molecule has 0 spiro atoms. The molecule has 0 atom stereocenters. The molecule has 0 aliphatic rings. The minimum absolute atomic E-state index is 0.0366. The lowest BCUT2D eigenvalue weighted by atomic mass is 10.0. The summed E-state index contributed by atoms with van der Waals surface area (Å²) in [7, 11) is 0. The normalized spacial score (nSPS) is 10.8. The molecule has 0 saturated heterocycles. The molecule has 25 heavy (non-hydrogen) atoms. The highest BCUT2D eigenvalue weighted by atomic mass is 32.2. The summed E-state index contributed by atoms with van der Waals surface area (Å²) in [5.41, 5.74) is 2.72. The molecule has 3 rings (SSSR count). The molecule has 1 amide bonds. The third-order valence-electron chi connectivity index (χ3n) is 3.96. The molecule has 0 aliphatic carbocycles. The SMILES string of the molecule is CCN(CC)C(=O)Sc1nc2ccc(C(=O)c3ccccc3)cc2[nH]1. The highest BCUT2D eigenvalue weighted by molar-refractivity contribution is 8.13. The number of amides is 1. The van der Waals surface area contributed by atoms with Gasteiger partial charge in [-0.3, -0.25) is 9.59 Å². The van der Waals surface area contributed by atoms with Gasteiger partial charge in [0.25, 0.3) is 5.24 Å². The topological polar surface area (TPSA) is 66.1 Å². The van der Waals surface area contributed by atoms with Crippen LogP contribution in [-0.4, -0.2) is 39.0 Å². The minimum Gasteiger partial charge on any atom is -0.334 e. The number of nitrogens with one attached hydrogen (secondary N) is 1. The number of H-pyrrole nitrogens is 1. The number of fused-ring (bicyclic) bond motifs is 1. The van der Waals surface area contributed by atoms with Crippen LogP contribution in [0.4, 0.5) is 4.79 Å². The Kier molecular flexibility index (Phi) is 5.19. The molecule has 2 aromatic carbocycles. The molecule has 0 radical (unpaired) electrons. The number of aromatic amines is 1. The summed E-state index contributed by atoms with van der Waals surface area (Å²) < 4.78 is 0. The van der Waals surface area contributed by atoms with Crippen molar-refractivity contribution in [2.45, 2.75) is 19.0 Å². The first-order valence-corrected chi connectivity index (χ1v) is 9.00. The van der Waals surface area contributed by atoms with Crippen molar-refractivity contribution in [1.82, 2.24) is 14.9 Å². The van der Waals surface area contributed by atoms with Gasteiger partial charge in [0, 0.05) is 36.0 Å². The first-order chi connectivity index (χ1) is 12.1. The Morgan fingerprint density at radius 2 is 1.76 bits per heavy atom. The maximum atomic E-state index is 12.5. The quantitative estimate of drug-likeness (QED) is 0.547. The molecule has 0 saturated carbocycles. The third-order valence-corrected chi connectivity index (χ3v) is 4.78. The van der Waals surface area contributed by atoms with Gasteiger partial charge in [-0.1, -0.05) is 30.3 Å². The fourth-order valence-corrected chi connectivity index (χ4v) is 3.42. The summed E-state index contributed by atoms with van der Waals surface area (Å²) in [6.45, 7) is 5.22. The number of nitrogens with zero attached hydrogens (tertiary/aromatic N) is 2. The highest BCUT2D eigenvalue weighted by Crippen LogP contribution is 2.23. The molecule has 5 nitrogen and oxygen atoms in total. The van der Waals surface area contributed by atoms with Crippen molar-refractivity contribution in [3.63, 3.8) is 0 Å². The van der Waals surface area contributed by atoms with Crippen molar-refractivity contribution < 1.29 is 9.59 Å². The zero-order valence-electron chi connectivity index (χ0n) is 14.2. The van der Waals surface area contributed by atoms with Gasteiger partial charge in [-0.2, -0.15) is 0 Å². The molecule has 1 aromatic heterocycles. The van der Waals surface area contributed by atoms with Crippen LogP contribution in [0, 0.1) is 0 Å². The molecule has 0 aliphatic heterocycles. The average molecular weight is 353 g/mol. The van der Waals surface area contributed by atoms with Crippen molar-refractivity contribution in [1.29, 1.82) is 0 Å². The molecule has 1 N–H and O–H groups in total. The molecule has 128 valence electrons. The van der Waals surface area contributed by atoms with Crippen molar-refractivity contribution in [3.05, 3.63) is 59.7 Å². The first kappa shape index (κ1) is 17.2. The fourth-order valence-electron chi connectivity index (χ4n) is 2.56. The number of thioether (sulfide) groups is 1. The number of hydrogen-bond donors (Lipinski definition) is 1. The third kappa shape index (κ3) is 3.74. The van der Waals surface area contributed by atoms with Gasteiger partial charge in [0.1, 0.15) is 0 Å². The van der Waals surface area contributed by atoms with E-state index in [0.717, 1.165) is 22.8 Å². The lowest BCUT2D eigenvalue weighted by Crippen LogP contribution is -2.26. The van der Waals surface area contributed by atoms with Crippen LogP contribution in [0.2, 0.25) is 0 Å². The van der Waals surface area contributed by atoms with E-state index in [0.29, 0.717) is 29.4 Å². The Morgan fingerprint density at radius 1 is 1.04 bits per heavy atom. The smallest absolute Gasteiger partial charge is 0.289 e. The fraction of sp³-hybridized carbons (Fsp3) is 0.211. The number of carbonyl (C=O) groups excluding carboxylic acids is 2. The Balaban J connectivity index is 1.84. The summed E-state index contributed by atoms with van der Waals surface area (Å²) in [6, 6.07) is 14.5. The number of ketones is 1. The van der Waals surface area contributed by atoms with Gasteiger partial charge in [-0.15, -0.1) is 0 Å². The molecular formula is C19H19N3O2S. The van der Waals surface area contributed by atoms with E-state index in [4.69, 9.17) is 0 Å². The summed E-state index contributed by atoms with van der Waals surface area (Å²) in [5, 5.41) is 0.501. The Morgan fingerprint density at radius 3 is 2.44 bits per heavy atom. The maximum absolute atomic E-state index is 12.5. The number of imidazole rings is 1. The molecule has 0 bridgehead atoms. The molecule has 0 fully saturated rings. The predicted octanol–water partition coefficient (Wildman–Crippen LogP) is 4.35. The minimum atomic E-state index is -0.0374. The van der Waals surface area contributed by atoms with Crippen LogP contribution in [0.3, 0.4) is 0 Å². The van der Waals surface area contributed by atoms with Gasteiger partial charge in [-0.25, -0.2) is 4.98 Å². The Labute approximate surface area is 150 Å². The van der Waals surface area contributed by atoms with Gasteiger partial charge in [0.05, 0.1) is 11.0 Å². The standard InChI is InChI=1S/C19H19N3O2S/c1-3-22(4-2)19(24)25-18-20-15-11-10-14(12-16(15)21-18)17(23)13-8-6-5-7-9-13/h5-12H,3-4H2,1-2H3,(H,20,21). The molecular weight excluding hydrogens is 334 g/mol. The number of rotatable bonds is 5. The second-order valence-corrected chi connectivity index (χ2v) is 6.45. The van der Waals surface area contributed by atoms with E-state index in [1.165, 1.54) is 0 Å². The first-order valence-electron chi connectivity index (χ1n) is 8.18. The van der Waals surface area contributed by atoms with Crippen LogP contribution in [0.15, 0.2) is 53.7 Å². The van der Waals surface area contributed by atoms with Crippen molar-refractivity contribution in [2.75, 3.05) is 13.1 Å². The summed E-state index contributed by atoms with van der Waals surface area (Å²) in [5.74, 6) is -0.0366. The molecule has 1 heterocycles. The maximum Gasteiger partial charge on any atom is 0.289 e. The van der Waals surface area contributed by atoms with E-state index < -0.39 is 0 Å². The van der Waals surface area contributed by atoms with Crippen LogP contribution in [0.1, 0.15) is 29.8 Å². The molecule has 3 aromatic rings. The van der Waals surface area contributed by atoms with Crippen LogP contribution < -0.4 is 0 Å². The van der Waals surface area contributed by atoms with Gasteiger partial charge < -0.3 is 9.88 Å². The lowest BCUT2D eigenvalue weighted by Gasteiger charge is -2.16. The number of carbonyl (C=O) groups is 2. The van der Waals surface area contributed by atoms with Crippen LogP contribution in [0.25, 0.3) is 11.0 Å². The van der Waals surface area contributed by atoms with E-state index in [1.807, 2.05) is 32.0 Å². The monoisotopic (exact) mass is 353 g/mol. The largest absolute Gasteiger partial charge is 0.334 e. The van der Waals surface area contributed by atoms with Gasteiger partial charge in [-0.05, 0) is 32.0 Å². The summed E-state index contributed by atoms with van der Waals surface area (Å²) in [4.78, 5) is 34.0. The van der Waals surface area contributed by atoms with E-state index in [9.17, 15) is 9.59 Å².